The maximum atomic E-state index is 12.1. The Kier molecular flexibility index (Phi) is 5.22. The fourth-order valence-electron chi connectivity index (χ4n) is 1.91. The Morgan fingerprint density at radius 1 is 1.16 bits per heavy atom. The zero-order chi connectivity index (χ0) is 18.0. The van der Waals surface area contributed by atoms with Gasteiger partial charge in [0.2, 0.25) is 5.82 Å². The monoisotopic (exact) mass is 397 g/mol. The van der Waals surface area contributed by atoms with E-state index in [0.717, 1.165) is 11.1 Å². The van der Waals surface area contributed by atoms with E-state index in [2.05, 4.69) is 15.1 Å². The summed E-state index contributed by atoms with van der Waals surface area (Å²) in [5, 5.41) is 3.95. The van der Waals surface area contributed by atoms with Gasteiger partial charge in [0.05, 0.1) is 15.1 Å². The molecule has 128 valence electrons. The van der Waals surface area contributed by atoms with E-state index in [1.165, 1.54) is 6.20 Å². The lowest BCUT2D eigenvalue weighted by molar-refractivity contribution is 0.0423. The van der Waals surface area contributed by atoms with E-state index in [9.17, 15) is 4.79 Å². The van der Waals surface area contributed by atoms with Crippen LogP contribution in [0.3, 0.4) is 0 Å². The first-order valence-corrected chi connectivity index (χ1v) is 8.15. The van der Waals surface area contributed by atoms with Crippen molar-refractivity contribution >= 4 is 40.8 Å². The Morgan fingerprint density at radius 2 is 1.88 bits per heavy atom. The normalized spacial score (nSPS) is 10.7. The van der Waals surface area contributed by atoms with Crippen molar-refractivity contribution in [3.8, 4) is 11.4 Å². The summed E-state index contributed by atoms with van der Waals surface area (Å²) in [5.41, 5.74) is 1.77. The highest BCUT2D eigenvalue weighted by molar-refractivity contribution is 6.48. The second kappa shape index (κ2) is 7.39. The van der Waals surface area contributed by atoms with E-state index in [1.54, 1.807) is 0 Å². The van der Waals surface area contributed by atoms with Crippen LogP contribution in [0.4, 0.5) is 0 Å². The number of pyridine rings is 1. The molecule has 0 aliphatic rings. The number of nitrogens with zero attached hydrogens (tertiary/aromatic N) is 3. The fraction of sp³-hybridized carbons (Fsp3) is 0.125. The van der Waals surface area contributed by atoms with Gasteiger partial charge < -0.3 is 9.26 Å². The molecule has 0 bridgehead atoms. The maximum Gasteiger partial charge on any atom is 0.359 e. The molecule has 9 heteroatoms. The lowest BCUT2D eigenvalue weighted by Crippen LogP contribution is -2.08. The van der Waals surface area contributed by atoms with Crippen LogP contribution in [-0.2, 0) is 11.3 Å². The number of carbonyl (C=O) groups excluding carboxylic acids is 1. The number of hydrogen-bond donors (Lipinski definition) is 0. The van der Waals surface area contributed by atoms with Crippen LogP contribution in [0.5, 0.6) is 0 Å². The van der Waals surface area contributed by atoms with E-state index in [0.29, 0.717) is 5.82 Å². The molecule has 3 aromatic rings. The molecular formula is C16H10Cl3N3O3. The van der Waals surface area contributed by atoms with Crippen molar-refractivity contribution in [3.63, 3.8) is 0 Å². The summed E-state index contributed by atoms with van der Waals surface area (Å²) in [7, 11) is 0. The van der Waals surface area contributed by atoms with Crippen molar-refractivity contribution in [2.24, 2.45) is 0 Å². The SMILES string of the molecule is Cc1ccc(-c2noc(COC(=O)c3ncc(Cl)c(Cl)c3Cl)n2)cc1. The minimum absolute atomic E-state index is 0.0322. The van der Waals surface area contributed by atoms with Crippen molar-refractivity contribution in [3.05, 3.63) is 62.7 Å². The molecule has 2 aromatic heterocycles. The number of benzene rings is 1. The van der Waals surface area contributed by atoms with Crippen molar-refractivity contribution in [2.45, 2.75) is 13.5 Å². The number of rotatable bonds is 4. The molecule has 0 atom stereocenters. The van der Waals surface area contributed by atoms with Gasteiger partial charge >= 0.3 is 5.97 Å². The second-order valence-corrected chi connectivity index (χ2v) is 6.20. The largest absolute Gasteiger partial charge is 0.451 e. The summed E-state index contributed by atoms with van der Waals surface area (Å²) in [6, 6.07) is 7.61. The van der Waals surface area contributed by atoms with Gasteiger partial charge in [0, 0.05) is 11.8 Å². The Balaban J connectivity index is 1.69. The van der Waals surface area contributed by atoms with Crippen molar-refractivity contribution < 1.29 is 14.1 Å². The third-order valence-electron chi connectivity index (χ3n) is 3.22. The molecule has 0 fully saturated rings. The number of halogens is 3. The highest BCUT2D eigenvalue weighted by atomic mass is 35.5. The summed E-state index contributed by atoms with van der Waals surface area (Å²) < 4.78 is 10.1. The molecule has 0 radical (unpaired) electrons. The van der Waals surface area contributed by atoms with Gasteiger partial charge in [-0.2, -0.15) is 4.98 Å². The zero-order valence-corrected chi connectivity index (χ0v) is 15.1. The van der Waals surface area contributed by atoms with Crippen molar-refractivity contribution in [2.75, 3.05) is 0 Å². The predicted octanol–water partition coefficient (Wildman–Crippen LogP) is 4.76. The first kappa shape index (κ1) is 17.7. The van der Waals surface area contributed by atoms with E-state index < -0.39 is 5.97 Å². The molecule has 0 spiro atoms. The molecule has 6 nitrogen and oxygen atoms in total. The molecular weight excluding hydrogens is 389 g/mol. The Morgan fingerprint density at radius 3 is 2.60 bits per heavy atom. The summed E-state index contributed by atoms with van der Waals surface area (Å²) in [6.45, 7) is 1.75. The first-order valence-electron chi connectivity index (χ1n) is 7.02. The summed E-state index contributed by atoms with van der Waals surface area (Å²) in [5.74, 6) is -0.240. The molecule has 25 heavy (non-hydrogen) atoms. The average molecular weight is 399 g/mol. The Bertz CT molecular complexity index is 926. The summed E-state index contributed by atoms with van der Waals surface area (Å²) in [4.78, 5) is 20.1. The molecule has 0 amide bonds. The van der Waals surface area contributed by atoms with Crippen LogP contribution in [0.2, 0.25) is 15.1 Å². The molecule has 0 aliphatic carbocycles. The Labute approximate surface area is 157 Å². The van der Waals surface area contributed by atoms with Gasteiger partial charge in [-0.25, -0.2) is 9.78 Å². The predicted molar refractivity (Wildman–Crippen MR) is 92.9 cm³/mol. The molecule has 0 N–H and O–H groups in total. The molecule has 0 aliphatic heterocycles. The molecule has 0 unspecified atom stereocenters. The van der Waals surface area contributed by atoms with Gasteiger partial charge in [0.1, 0.15) is 0 Å². The average Bonchev–Trinajstić information content (AvgIpc) is 3.07. The molecule has 0 saturated heterocycles. The molecule has 3 rings (SSSR count). The van der Waals surface area contributed by atoms with E-state index in [1.807, 2.05) is 31.2 Å². The quantitative estimate of drug-likeness (QED) is 0.590. The lowest BCUT2D eigenvalue weighted by Gasteiger charge is -2.05. The maximum absolute atomic E-state index is 12.1. The minimum atomic E-state index is -0.779. The van der Waals surface area contributed by atoms with Crippen LogP contribution >= 0.6 is 34.8 Å². The van der Waals surface area contributed by atoms with Gasteiger partial charge in [-0.1, -0.05) is 69.8 Å². The van der Waals surface area contributed by atoms with Crippen LogP contribution in [0.15, 0.2) is 35.0 Å². The topological polar surface area (TPSA) is 78.1 Å². The smallest absolute Gasteiger partial charge is 0.359 e. The van der Waals surface area contributed by atoms with Crippen molar-refractivity contribution in [1.29, 1.82) is 0 Å². The molecule has 2 heterocycles. The van der Waals surface area contributed by atoms with Crippen LogP contribution < -0.4 is 0 Å². The summed E-state index contributed by atoms with van der Waals surface area (Å²) >= 11 is 17.6. The summed E-state index contributed by atoms with van der Waals surface area (Å²) in [6.07, 6.45) is 1.22. The molecule has 1 aromatic carbocycles. The van der Waals surface area contributed by atoms with E-state index in [-0.39, 0.29) is 33.3 Å². The van der Waals surface area contributed by atoms with Crippen LogP contribution in [0, 0.1) is 6.92 Å². The van der Waals surface area contributed by atoms with Crippen LogP contribution in [-0.4, -0.2) is 21.1 Å². The third kappa shape index (κ3) is 3.92. The third-order valence-corrected chi connectivity index (χ3v) is 4.46. The van der Waals surface area contributed by atoms with Gasteiger partial charge in [-0.15, -0.1) is 0 Å². The minimum Gasteiger partial charge on any atom is -0.451 e. The van der Waals surface area contributed by atoms with Crippen LogP contribution in [0.1, 0.15) is 21.9 Å². The zero-order valence-electron chi connectivity index (χ0n) is 12.8. The number of esters is 1. The van der Waals surface area contributed by atoms with Gasteiger partial charge in [-0.05, 0) is 6.92 Å². The number of carbonyl (C=O) groups is 1. The molecule has 0 saturated carbocycles. The first-order chi connectivity index (χ1) is 12.0. The standard InChI is InChI=1S/C16H10Cl3N3O3/c1-8-2-4-9(5-3-8)15-21-11(25-22-15)7-24-16(23)14-13(19)12(18)10(17)6-20-14/h2-6H,7H2,1H3. The highest BCUT2D eigenvalue weighted by Gasteiger charge is 2.19. The lowest BCUT2D eigenvalue weighted by atomic mass is 10.1. The second-order valence-electron chi connectivity index (χ2n) is 5.04. The highest BCUT2D eigenvalue weighted by Crippen LogP contribution is 2.31. The fourth-order valence-corrected chi connectivity index (χ4v) is 2.47. The van der Waals surface area contributed by atoms with Gasteiger partial charge in [-0.3, -0.25) is 0 Å². The number of aromatic nitrogens is 3. The number of aryl methyl sites for hydroxylation is 1. The van der Waals surface area contributed by atoms with Crippen molar-refractivity contribution in [1.82, 2.24) is 15.1 Å². The Hall–Kier alpha value is -2.15. The number of hydrogen-bond acceptors (Lipinski definition) is 6. The number of ether oxygens (including phenoxy) is 1. The van der Waals surface area contributed by atoms with Gasteiger partial charge in [0.25, 0.3) is 5.89 Å². The van der Waals surface area contributed by atoms with Gasteiger partial charge in [0.15, 0.2) is 12.3 Å². The van der Waals surface area contributed by atoms with E-state index in [4.69, 9.17) is 44.1 Å². The van der Waals surface area contributed by atoms with E-state index >= 15 is 0 Å². The van der Waals surface area contributed by atoms with Crippen LogP contribution in [0.25, 0.3) is 11.4 Å².